The van der Waals surface area contributed by atoms with E-state index in [1.165, 1.54) is 24.5 Å². The van der Waals surface area contributed by atoms with E-state index < -0.39 is 22.0 Å². The van der Waals surface area contributed by atoms with Gasteiger partial charge in [-0.25, -0.2) is 13.4 Å². The van der Waals surface area contributed by atoms with Gasteiger partial charge in [-0.2, -0.15) is 0 Å². The molecule has 1 aromatic carbocycles. The van der Waals surface area contributed by atoms with E-state index in [1.807, 2.05) is 17.0 Å². The second kappa shape index (κ2) is 14.9. The number of halogens is 1. The maximum absolute atomic E-state index is 13.7. The molecule has 42 heavy (non-hydrogen) atoms. The van der Waals surface area contributed by atoms with Crippen LogP contribution in [0.2, 0.25) is 5.02 Å². The Balaban J connectivity index is 1.42. The van der Waals surface area contributed by atoms with Gasteiger partial charge in [0.1, 0.15) is 6.23 Å². The first kappa shape index (κ1) is 32.5. The molecular formula is C29H40ClN5O5S2. The fourth-order valence-electron chi connectivity index (χ4n) is 5.40. The molecule has 2 fully saturated rings. The lowest BCUT2D eigenvalue weighted by Crippen LogP contribution is -2.51. The van der Waals surface area contributed by atoms with Crippen LogP contribution >= 0.6 is 22.9 Å². The minimum absolute atomic E-state index is 0.0853. The first-order chi connectivity index (χ1) is 20.0. The van der Waals surface area contributed by atoms with E-state index in [4.69, 9.17) is 11.6 Å². The van der Waals surface area contributed by atoms with E-state index >= 15 is 0 Å². The number of carbonyl (C=O) groups is 2. The highest BCUT2D eigenvalue weighted by molar-refractivity contribution is 7.91. The Kier molecular flexibility index (Phi) is 11.5. The summed E-state index contributed by atoms with van der Waals surface area (Å²) >= 11 is 7.60. The van der Waals surface area contributed by atoms with Crippen LogP contribution in [0.4, 0.5) is 0 Å². The van der Waals surface area contributed by atoms with Crippen molar-refractivity contribution in [2.45, 2.75) is 57.7 Å². The normalized spacial score (nSPS) is 20.3. The van der Waals surface area contributed by atoms with Crippen LogP contribution < -0.4 is 10.6 Å². The molecule has 2 heterocycles. The number of aliphatic imine (C=N–C) groups is 1. The molecule has 10 nitrogen and oxygen atoms in total. The van der Waals surface area contributed by atoms with E-state index in [0.29, 0.717) is 36.7 Å². The van der Waals surface area contributed by atoms with Gasteiger partial charge >= 0.3 is 0 Å². The number of benzene rings is 1. The second-order valence-electron chi connectivity index (χ2n) is 11.2. The summed E-state index contributed by atoms with van der Waals surface area (Å²) in [5, 5.41) is 17.3. The summed E-state index contributed by atoms with van der Waals surface area (Å²) in [5.74, 6) is -0.830. The van der Waals surface area contributed by atoms with Crippen LogP contribution in [-0.4, -0.2) is 91.4 Å². The molecule has 0 radical (unpaired) electrons. The zero-order valence-corrected chi connectivity index (χ0v) is 26.3. The topological polar surface area (TPSA) is 141 Å². The standard InChI is InChI=1S/C29H40ClN5O5S2/c1-19(18-35-10-12-42(39,40)13-11-35)28(37)32-17-25(21-6-4-3-5-7-21)34-29(38)22(16-31-20(2)36)14-27-33-24-9-8-23(30)15-26(24)41-27/h8-9,15-16,20-22,25,36H,1,3-7,10-14,17-18H2,2H3,(H,32,37)(H,34,38)/b31-16+/t20?,22?,25-/m1/s1. The van der Waals surface area contributed by atoms with Gasteiger partial charge < -0.3 is 15.7 Å². The largest absolute Gasteiger partial charge is 0.372 e. The SMILES string of the molecule is C=C(CN1CCS(=O)(=O)CC1)C(=O)NC[C@@H](NC(=O)C(/C=N/C(C)O)Cc1nc2ccc(Cl)cc2s1)C1CCCCC1. The number of rotatable bonds is 12. The Labute approximate surface area is 256 Å². The van der Waals surface area contributed by atoms with Gasteiger partial charge in [0.15, 0.2) is 9.84 Å². The maximum Gasteiger partial charge on any atom is 0.247 e. The van der Waals surface area contributed by atoms with E-state index in [0.717, 1.165) is 47.3 Å². The highest BCUT2D eigenvalue weighted by Crippen LogP contribution is 2.28. The van der Waals surface area contributed by atoms with Gasteiger partial charge in [-0.05, 0) is 43.9 Å². The van der Waals surface area contributed by atoms with Crippen LogP contribution in [0.5, 0.6) is 0 Å². The number of aliphatic hydroxyl groups is 1. The zero-order chi connectivity index (χ0) is 30.3. The van der Waals surface area contributed by atoms with Crippen molar-refractivity contribution in [2.75, 3.05) is 37.7 Å². The molecule has 3 N–H and O–H groups in total. The first-order valence-corrected chi connectivity index (χ1v) is 17.5. The number of amides is 2. The molecule has 1 aliphatic heterocycles. The smallest absolute Gasteiger partial charge is 0.247 e. The summed E-state index contributed by atoms with van der Waals surface area (Å²) in [4.78, 5) is 37.3. The molecule has 3 atom stereocenters. The van der Waals surface area contributed by atoms with Crippen molar-refractivity contribution in [3.63, 3.8) is 0 Å². The Bertz CT molecular complexity index is 1390. The van der Waals surface area contributed by atoms with Gasteiger partial charge in [0.05, 0.1) is 32.6 Å². The minimum Gasteiger partial charge on any atom is -0.372 e. The summed E-state index contributed by atoms with van der Waals surface area (Å²) < 4.78 is 24.4. The lowest BCUT2D eigenvalue weighted by Gasteiger charge is -2.32. The predicted molar refractivity (Wildman–Crippen MR) is 168 cm³/mol. The zero-order valence-electron chi connectivity index (χ0n) is 23.9. The molecule has 2 aromatic rings. The number of thiazole rings is 1. The van der Waals surface area contributed by atoms with Gasteiger partial charge in [0, 0.05) is 55.5 Å². The van der Waals surface area contributed by atoms with E-state index in [9.17, 15) is 23.1 Å². The lowest BCUT2D eigenvalue weighted by atomic mass is 9.83. The molecule has 0 spiro atoms. The highest BCUT2D eigenvalue weighted by Gasteiger charge is 2.29. The van der Waals surface area contributed by atoms with Gasteiger partial charge in [-0.15, -0.1) is 11.3 Å². The van der Waals surface area contributed by atoms with E-state index in [2.05, 4.69) is 27.2 Å². The second-order valence-corrected chi connectivity index (χ2v) is 15.1. The highest BCUT2D eigenvalue weighted by atomic mass is 35.5. The molecule has 230 valence electrons. The van der Waals surface area contributed by atoms with Crippen LogP contribution in [0, 0.1) is 11.8 Å². The Morgan fingerprint density at radius 1 is 1.26 bits per heavy atom. The molecule has 2 unspecified atom stereocenters. The fourth-order valence-corrected chi connectivity index (χ4v) is 7.98. The molecule has 2 amide bonds. The van der Waals surface area contributed by atoms with Crippen LogP contribution in [0.15, 0.2) is 35.3 Å². The maximum atomic E-state index is 13.7. The summed E-state index contributed by atoms with van der Waals surface area (Å²) in [6, 6.07) is 5.19. The number of nitrogens with one attached hydrogen (secondary N) is 2. The molecule has 1 aromatic heterocycles. The van der Waals surface area contributed by atoms with Crippen molar-refractivity contribution in [3.8, 4) is 0 Å². The summed E-state index contributed by atoms with van der Waals surface area (Å²) in [5.41, 5.74) is 1.17. The summed E-state index contributed by atoms with van der Waals surface area (Å²) in [7, 11) is -3.01. The van der Waals surface area contributed by atoms with Gasteiger partial charge in [0.2, 0.25) is 11.8 Å². The monoisotopic (exact) mass is 637 g/mol. The van der Waals surface area contributed by atoms with Crippen LogP contribution in [-0.2, 0) is 25.8 Å². The average molecular weight is 638 g/mol. The third-order valence-corrected chi connectivity index (χ3v) is 10.7. The number of nitrogens with zero attached hydrogens (tertiary/aromatic N) is 3. The molecule has 1 saturated carbocycles. The van der Waals surface area contributed by atoms with Crippen molar-refractivity contribution < 1.29 is 23.1 Å². The Morgan fingerprint density at radius 2 is 1.98 bits per heavy atom. The van der Waals surface area contributed by atoms with Crippen LogP contribution in [0.3, 0.4) is 0 Å². The first-order valence-electron chi connectivity index (χ1n) is 14.4. The molecular weight excluding hydrogens is 598 g/mol. The molecule has 4 rings (SSSR count). The summed E-state index contributed by atoms with van der Waals surface area (Å²) in [6.45, 7) is 6.77. The molecule has 0 bridgehead atoms. The number of carbonyl (C=O) groups excluding carboxylic acids is 2. The number of aliphatic hydroxyl groups excluding tert-OH is 1. The van der Waals surface area contributed by atoms with Gasteiger partial charge in [-0.1, -0.05) is 37.4 Å². The van der Waals surface area contributed by atoms with Crippen LogP contribution in [0.25, 0.3) is 10.2 Å². The molecule has 1 saturated heterocycles. The quantitative estimate of drug-likeness (QED) is 0.240. The van der Waals surface area contributed by atoms with Crippen molar-refractivity contribution in [1.29, 1.82) is 0 Å². The molecule has 1 aliphatic carbocycles. The third kappa shape index (κ3) is 9.57. The van der Waals surface area contributed by atoms with Gasteiger partial charge in [0.25, 0.3) is 0 Å². The number of hydrogen-bond donors (Lipinski definition) is 3. The molecule has 13 heteroatoms. The number of hydrogen-bond acceptors (Lipinski definition) is 9. The minimum atomic E-state index is -3.01. The molecule has 2 aliphatic rings. The number of fused-ring (bicyclic) bond motifs is 1. The van der Waals surface area contributed by atoms with E-state index in [-0.39, 0.29) is 41.8 Å². The Hall–Kier alpha value is -2.38. The van der Waals surface area contributed by atoms with Crippen LogP contribution in [0.1, 0.15) is 44.0 Å². The third-order valence-electron chi connectivity index (χ3n) is 7.81. The van der Waals surface area contributed by atoms with Crippen molar-refractivity contribution in [3.05, 3.63) is 40.4 Å². The van der Waals surface area contributed by atoms with Crippen molar-refractivity contribution >= 4 is 61.0 Å². The van der Waals surface area contributed by atoms with Crippen molar-refractivity contribution in [2.24, 2.45) is 16.8 Å². The van der Waals surface area contributed by atoms with Crippen molar-refractivity contribution in [1.82, 2.24) is 20.5 Å². The average Bonchev–Trinajstić information content (AvgIpc) is 3.35. The van der Waals surface area contributed by atoms with E-state index in [1.54, 1.807) is 6.07 Å². The number of aromatic nitrogens is 1. The van der Waals surface area contributed by atoms with Gasteiger partial charge in [-0.3, -0.25) is 19.5 Å². The summed E-state index contributed by atoms with van der Waals surface area (Å²) in [6.07, 6.45) is 6.03. The lowest BCUT2D eigenvalue weighted by molar-refractivity contribution is -0.124. The fraction of sp³-hybridized carbons (Fsp3) is 0.586. The Morgan fingerprint density at radius 3 is 2.67 bits per heavy atom. The number of sulfone groups is 1. The predicted octanol–water partition coefficient (Wildman–Crippen LogP) is 2.99.